The number of nitro benzene ring substituents is 1. The van der Waals surface area contributed by atoms with Gasteiger partial charge in [0.25, 0.3) is 5.69 Å². The van der Waals surface area contributed by atoms with Gasteiger partial charge in [0.2, 0.25) is 13.7 Å². The van der Waals surface area contributed by atoms with Crippen LogP contribution >= 0.6 is 19.0 Å². The third-order valence-corrected chi connectivity index (χ3v) is 7.34. The van der Waals surface area contributed by atoms with E-state index in [4.69, 9.17) is 25.6 Å². The van der Waals surface area contributed by atoms with Crippen molar-refractivity contribution in [3.63, 3.8) is 0 Å². The molecule has 13 heteroatoms. The molecule has 2 aromatic rings. The number of benzene rings is 2. The molecule has 0 spiro atoms. The van der Waals surface area contributed by atoms with Crippen LogP contribution in [0.15, 0.2) is 36.4 Å². The van der Waals surface area contributed by atoms with Crippen LogP contribution in [0.4, 0.5) is 18.9 Å². The van der Waals surface area contributed by atoms with Gasteiger partial charge in [-0.2, -0.15) is 13.2 Å². The van der Waals surface area contributed by atoms with Gasteiger partial charge in [-0.3, -0.25) is 24.0 Å². The zero-order valence-corrected chi connectivity index (χ0v) is 18.1. The monoisotopic (exact) mass is 493 g/mol. The number of cyclic esters (lactones) is 1. The van der Waals surface area contributed by atoms with Gasteiger partial charge in [-0.25, -0.2) is 0 Å². The van der Waals surface area contributed by atoms with Crippen molar-refractivity contribution in [1.82, 2.24) is 0 Å². The van der Waals surface area contributed by atoms with E-state index in [-0.39, 0.29) is 40.8 Å². The molecule has 32 heavy (non-hydrogen) atoms. The Hall–Kier alpha value is -2.62. The van der Waals surface area contributed by atoms with Crippen LogP contribution in [0.25, 0.3) is 0 Å². The molecule has 1 aliphatic rings. The fourth-order valence-electron chi connectivity index (χ4n) is 2.95. The lowest BCUT2D eigenvalue weighted by atomic mass is 10.2. The summed E-state index contributed by atoms with van der Waals surface area (Å²) in [6.07, 6.45) is -5.65. The van der Waals surface area contributed by atoms with Gasteiger partial charge in [-0.05, 0) is 24.3 Å². The van der Waals surface area contributed by atoms with E-state index < -0.39 is 42.0 Å². The summed E-state index contributed by atoms with van der Waals surface area (Å²) < 4.78 is 67.8. The number of hydrogen-bond acceptors (Lipinski definition) is 7. The number of rotatable bonds is 7. The van der Waals surface area contributed by atoms with Crippen LogP contribution in [0.5, 0.6) is 11.5 Å². The van der Waals surface area contributed by atoms with Crippen molar-refractivity contribution in [2.24, 2.45) is 0 Å². The van der Waals surface area contributed by atoms with Crippen molar-refractivity contribution in [3.8, 4) is 11.5 Å². The zero-order chi connectivity index (χ0) is 23.7. The van der Waals surface area contributed by atoms with Crippen LogP contribution in [0.2, 0.25) is 5.02 Å². The largest absolute Gasteiger partial charge is 0.456 e. The Morgan fingerprint density at radius 1 is 1.28 bits per heavy atom. The van der Waals surface area contributed by atoms with Crippen LogP contribution in [0.1, 0.15) is 25.3 Å². The van der Waals surface area contributed by atoms with Crippen molar-refractivity contribution >= 4 is 35.9 Å². The Kier molecular flexibility index (Phi) is 6.83. The number of esters is 1. The molecule has 1 heterocycles. The number of carbonyl (C=O) groups excluding carboxylic acids is 1. The first-order chi connectivity index (χ1) is 14.9. The molecule has 3 rings (SSSR count). The summed E-state index contributed by atoms with van der Waals surface area (Å²) in [4.78, 5) is 22.1. The maximum absolute atomic E-state index is 13.5. The molecule has 0 radical (unpaired) electrons. The molecule has 1 aliphatic heterocycles. The van der Waals surface area contributed by atoms with E-state index in [0.29, 0.717) is 6.07 Å². The Bertz CT molecular complexity index is 1110. The minimum Gasteiger partial charge on any atom is -0.456 e. The van der Waals surface area contributed by atoms with Gasteiger partial charge < -0.3 is 9.47 Å². The topological polar surface area (TPSA) is 105 Å². The summed E-state index contributed by atoms with van der Waals surface area (Å²) in [5, 5.41) is 10.9. The van der Waals surface area contributed by atoms with Crippen LogP contribution in [0, 0.1) is 10.1 Å². The van der Waals surface area contributed by atoms with Gasteiger partial charge in [0.05, 0.1) is 21.9 Å². The highest BCUT2D eigenvalue weighted by Gasteiger charge is 2.38. The zero-order valence-electron chi connectivity index (χ0n) is 16.4. The number of hydrogen-bond donors (Lipinski definition) is 0. The first-order valence-corrected chi connectivity index (χ1v) is 11.4. The lowest BCUT2D eigenvalue weighted by Gasteiger charge is -2.21. The molecule has 0 N–H and O–H groups in total. The molecule has 0 amide bonds. The molecule has 0 saturated carbocycles. The van der Waals surface area contributed by atoms with Crippen LogP contribution < -0.4 is 10.0 Å². The predicted molar refractivity (Wildman–Crippen MR) is 108 cm³/mol. The van der Waals surface area contributed by atoms with E-state index in [1.54, 1.807) is 0 Å². The fourth-order valence-corrected chi connectivity index (χ4v) is 5.13. The molecule has 2 unspecified atom stereocenters. The van der Waals surface area contributed by atoms with Gasteiger partial charge in [-0.15, -0.1) is 0 Å². The first-order valence-electron chi connectivity index (χ1n) is 9.23. The Morgan fingerprint density at radius 3 is 2.53 bits per heavy atom. The number of carbonyl (C=O) groups is 1. The Morgan fingerprint density at radius 2 is 2.00 bits per heavy atom. The van der Waals surface area contributed by atoms with E-state index in [1.807, 2.05) is 0 Å². The van der Waals surface area contributed by atoms with Crippen LogP contribution in [0.3, 0.4) is 0 Å². The second-order valence-electron chi connectivity index (χ2n) is 6.71. The number of ether oxygens (including phenoxy) is 2. The molecule has 0 bridgehead atoms. The number of nitro groups is 1. The highest BCUT2D eigenvalue weighted by Crippen LogP contribution is 2.51. The lowest BCUT2D eigenvalue weighted by molar-refractivity contribution is -0.383. The standard InChI is InChI=1S/C19H16ClF3NO7P/c1-2-32(28,31-18-8-7-17(25)30-18)16-10-12(4-5-14(16)24(26)27)29-15-6-3-11(9-13(15)20)19(21,22)23/h3-6,9-10,18H,2,7-8H2,1H3. The molecule has 0 aromatic heterocycles. The maximum atomic E-state index is 13.5. The third kappa shape index (κ3) is 5.23. The maximum Gasteiger partial charge on any atom is 0.416 e. The molecule has 172 valence electrons. The second-order valence-corrected chi connectivity index (χ2v) is 9.78. The average Bonchev–Trinajstić information content (AvgIpc) is 3.12. The van der Waals surface area contributed by atoms with Gasteiger partial charge in [-0.1, -0.05) is 18.5 Å². The molecule has 1 fully saturated rings. The highest BCUT2D eigenvalue weighted by atomic mass is 35.5. The van der Waals surface area contributed by atoms with E-state index >= 15 is 0 Å². The Balaban J connectivity index is 1.96. The van der Waals surface area contributed by atoms with Gasteiger partial charge in [0.15, 0.2) is 0 Å². The number of halogens is 4. The molecule has 2 aromatic carbocycles. The summed E-state index contributed by atoms with van der Waals surface area (Å²) in [6.45, 7) is 1.49. The van der Waals surface area contributed by atoms with Crippen molar-refractivity contribution in [1.29, 1.82) is 0 Å². The number of alkyl halides is 3. The quantitative estimate of drug-likeness (QED) is 0.212. The molecule has 0 aliphatic carbocycles. The van der Waals surface area contributed by atoms with Crippen molar-refractivity contribution in [2.75, 3.05) is 6.16 Å². The van der Waals surface area contributed by atoms with E-state index in [2.05, 4.69) is 0 Å². The SMILES string of the molecule is CCP(=O)(OC1CCC(=O)O1)c1cc(Oc2ccc(C(F)(F)F)cc2Cl)ccc1[N+](=O)[O-]. The second kappa shape index (κ2) is 9.09. The summed E-state index contributed by atoms with van der Waals surface area (Å²) in [7, 11) is -3.87. The molecule has 8 nitrogen and oxygen atoms in total. The summed E-state index contributed by atoms with van der Waals surface area (Å²) in [5.74, 6) is -0.745. The minimum atomic E-state index is -4.60. The van der Waals surface area contributed by atoms with Crippen molar-refractivity contribution in [2.45, 2.75) is 32.2 Å². The fraction of sp³-hybridized carbons (Fsp3) is 0.316. The van der Waals surface area contributed by atoms with Gasteiger partial charge in [0, 0.05) is 24.7 Å². The average molecular weight is 494 g/mol. The third-order valence-electron chi connectivity index (χ3n) is 4.55. The molecular formula is C19H16ClF3NO7P. The smallest absolute Gasteiger partial charge is 0.416 e. The molecular weight excluding hydrogens is 478 g/mol. The normalized spacial score (nSPS) is 18.2. The van der Waals surface area contributed by atoms with Crippen LogP contribution in [-0.2, 0) is 24.8 Å². The summed E-state index contributed by atoms with van der Waals surface area (Å²) in [6, 6.07) is 5.77. The number of nitrogens with zero attached hydrogens (tertiary/aromatic N) is 1. The first kappa shape index (κ1) is 24.0. The lowest BCUT2D eigenvalue weighted by Crippen LogP contribution is -2.19. The van der Waals surface area contributed by atoms with Crippen LogP contribution in [-0.4, -0.2) is 23.3 Å². The van der Waals surface area contributed by atoms with E-state index in [1.165, 1.54) is 13.0 Å². The molecule has 1 saturated heterocycles. The predicted octanol–water partition coefficient (Wildman–Crippen LogP) is 5.66. The van der Waals surface area contributed by atoms with Gasteiger partial charge in [0.1, 0.15) is 16.8 Å². The summed E-state index contributed by atoms with van der Waals surface area (Å²) in [5.41, 5.74) is -1.49. The van der Waals surface area contributed by atoms with Crippen molar-refractivity contribution < 1.29 is 41.5 Å². The van der Waals surface area contributed by atoms with Gasteiger partial charge >= 0.3 is 12.1 Å². The Labute approximate surface area is 184 Å². The highest BCUT2D eigenvalue weighted by molar-refractivity contribution is 7.67. The van der Waals surface area contributed by atoms with Crippen molar-refractivity contribution in [3.05, 3.63) is 57.1 Å². The minimum absolute atomic E-state index is 0.0616. The molecule has 2 atom stereocenters. The van der Waals surface area contributed by atoms with E-state index in [9.17, 15) is 32.6 Å². The summed E-state index contributed by atoms with van der Waals surface area (Å²) >= 11 is 5.89. The van der Waals surface area contributed by atoms with E-state index in [0.717, 1.165) is 24.3 Å².